The van der Waals surface area contributed by atoms with Crippen LogP contribution in [0.1, 0.15) is 0 Å². The summed E-state index contributed by atoms with van der Waals surface area (Å²) in [5, 5.41) is 0.956. The van der Waals surface area contributed by atoms with E-state index in [-0.39, 0.29) is 5.96 Å². The molecule has 0 atom stereocenters. The van der Waals surface area contributed by atoms with Crippen molar-refractivity contribution in [3.05, 3.63) is 22.7 Å². The highest BCUT2D eigenvalue weighted by Gasteiger charge is 2.05. The fraction of sp³-hybridized carbons (Fsp3) is 0. The van der Waals surface area contributed by atoms with Crippen molar-refractivity contribution in [2.75, 3.05) is 0 Å². The number of hydrogen-bond acceptors (Lipinski definition) is 3. The number of aliphatic imine (C=N–C) groups is 1. The molecule has 4 nitrogen and oxygen atoms in total. The molecule has 0 spiro atoms. The quantitative estimate of drug-likeness (QED) is 0.614. The smallest absolute Gasteiger partial charge is 0.192 e. The van der Waals surface area contributed by atoms with Crippen LogP contribution in [-0.2, 0) is 0 Å². The minimum absolute atomic E-state index is 0.0252. The Labute approximate surface area is 92.9 Å². The second-order valence-corrected chi connectivity index (χ2v) is 4.40. The Morgan fingerprint density at radius 1 is 1.43 bits per heavy atom. The van der Waals surface area contributed by atoms with Crippen LogP contribution in [0.4, 0.5) is 5.82 Å². The molecule has 4 N–H and O–H groups in total. The standard InChI is InChI=1S/C8H7BrN4S/c9-4-1-2-6-5(3-4)7(13-14-6)12-8(10)11/h1-3H,(H4,10,11,12,13). The normalized spacial score (nSPS) is 10.4. The lowest BCUT2D eigenvalue weighted by atomic mass is 10.3. The topological polar surface area (TPSA) is 77.3 Å². The van der Waals surface area contributed by atoms with E-state index in [4.69, 9.17) is 11.5 Å². The lowest BCUT2D eigenvalue weighted by Gasteiger charge is -1.92. The molecule has 0 saturated heterocycles. The molecular formula is C8H7BrN4S. The van der Waals surface area contributed by atoms with Gasteiger partial charge in [-0.2, -0.15) is 9.37 Å². The Hall–Kier alpha value is -1.14. The molecule has 0 bridgehead atoms. The molecule has 14 heavy (non-hydrogen) atoms. The summed E-state index contributed by atoms with van der Waals surface area (Å²) in [5.74, 6) is 0.600. The molecule has 6 heteroatoms. The summed E-state index contributed by atoms with van der Waals surface area (Å²) in [6.07, 6.45) is 0. The average molecular weight is 271 g/mol. The SMILES string of the molecule is NC(N)=Nc1nsc2ccc(Br)cc12. The molecule has 0 aliphatic rings. The maximum atomic E-state index is 5.29. The van der Waals surface area contributed by atoms with Gasteiger partial charge in [0.1, 0.15) is 0 Å². The number of rotatable bonds is 1. The highest BCUT2D eigenvalue weighted by atomic mass is 79.9. The number of halogens is 1. The molecule has 0 amide bonds. The van der Waals surface area contributed by atoms with Gasteiger partial charge in [0.05, 0.1) is 4.70 Å². The summed E-state index contributed by atoms with van der Waals surface area (Å²) in [4.78, 5) is 3.94. The van der Waals surface area contributed by atoms with Gasteiger partial charge in [0.15, 0.2) is 11.8 Å². The summed E-state index contributed by atoms with van der Waals surface area (Å²) >= 11 is 4.76. The first-order valence-corrected chi connectivity index (χ1v) is 5.38. The number of nitrogens with two attached hydrogens (primary N) is 2. The highest BCUT2D eigenvalue weighted by Crippen LogP contribution is 2.30. The van der Waals surface area contributed by atoms with Crippen molar-refractivity contribution in [1.82, 2.24) is 4.37 Å². The molecule has 1 aromatic heterocycles. The molecule has 0 fully saturated rings. The van der Waals surface area contributed by atoms with Crippen LogP contribution in [0, 0.1) is 0 Å². The number of hydrogen-bond donors (Lipinski definition) is 2. The van der Waals surface area contributed by atoms with E-state index in [1.165, 1.54) is 11.5 Å². The maximum absolute atomic E-state index is 5.29. The first kappa shape index (κ1) is 9.42. The van der Waals surface area contributed by atoms with Crippen molar-refractivity contribution in [2.45, 2.75) is 0 Å². The fourth-order valence-corrected chi connectivity index (χ4v) is 2.16. The van der Waals surface area contributed by atoms with E-state index in [2.05, 4.69) is 25.3 Å². The van der Waals surface area contributed by atoms with Crippen LogP contribution in [0.5, 0.6) is 0 Å². The molecule has 0 unspecified atom stereocenters. The fourth-order valence-electron chi connectivity index (χ4n) is 1.10. The van der Waals surface area contributed by atoms with Crippen LogP contribution in [0.15, 0.2) is 27.7 Å². The molecule has 2 rings (SSSR count). The monoisotopic (exact) mass is 270 g/mol. The number of guanidine groups is 1. The molecule has 0 saturated carbocycles. The van der Waals surface area contributed by atoms with Gasteiger partial charge in [-0.3, -0.25) is 0 Å². The van der Waals surface area contributed by atoms with E-state index < -0.39 is 0 Å². The summed E-state index contributed by atoms with van der Waals surface area (Å²) in [5.41, 5.74) is 10.6. The zero-order valence-electron chi connectivity index (χ0n) is 7.07. The molecular weight excluding hydrogens is 264 g/mol. The Bertz CT molecular complexity index is 501. The number of fused-ring (bicyclic) bond motifs is 1. The zero-order valence-corrected chi connectivity index (χ0v) is 9.47. The number of benzene rings is 1. The van der Waals surface area contributed by atoms with E-state index in [1.54, 1.807) is 0 Å². The lowest BCUT2D eigenvalue weighted by molar-refractivity contribution is 1.38. The lowest BCUT2D eigenvalue weighted by Crippen LogP contribution is -2.21. The van der Waals surface area contributed by atoms with Gasteiger partial charge in [0.2, 0.25) is 0 Å². The second kappa shape index (κ2) is 3.55. The molecule has 1 aromatic carbocycles. The van der Waals surface area contributed by atoms with Crippen molar-refractivity contribution in [1.29, 1.82) is 0 Å². The third-order valence-electron chi connectivity index (χ3n) is 1.65. The molecule has 2 aromatic rings. The predicted octanol–water partition coefficient (Wildman–Crippen LogP) is 1.96. The van der Waals surface area contributed by atoms with Gasteiger partial charge >= 0.3 is 0 Å². The van der Waals surface area contributed by atoms with Crippen LogP contribution in [-0.4, -0.2) is 10.3 Å². The maximum Gasteiger partial charge on any atom is 0.192 e. The third-order valence-corrected chi connectivity index (χ3v) is 2.96. The zero-order chi connectivity index (χ0) is 10.1. The highest BCUT2D eigenvalue weighted by molar-refractivity contribution is 9.10. The molecule has 72 valence electrons. The van der Waals surface area contributed by atoms with Gasteiger partial charge in [-0.1, -0.05) is 15.9 Å². The van der Waals surface area contributed by atoms with Gasteiger partial charge in [-0.05, 0) is 29.7 Å². The Kier molecular flexibility index (Phi) is 2.39. The Morgan fingerprint density at radius 3 is 2.93 bits per heavy atom. The van der Waals surface area contributed by atoms with Crippen LogP contribution >= 0.6 is 27.5 Å². The number of aromatic nitrogens is 1. The predicted molar refractivity (Wildman–Crippen MR) is 62.8 cm³/mol. The second-order valence-electron chi connectivity index (χ2n) is 2.68. The van der Waals surface area contributed by atoms with Crippen LogP contribution < -0.4 is 11.5 Å². The van der Waals surface area contributed by atoms with E-state index in [1.807, 2.05) is 18.2 Å². The Balaban J connectivity index is 2.67. The molecule has 1 heterocycles. The van der Waals surface area contributed by atoms with E-state index in [0.717, 1.165) is 14.6 Å². The van der Waals surface area contributed by atoms with E-state index >= 15 is 0 Å². The van der Waals surface area contributed by atoms with Gasteiger partial charge in [-0.25, -0.2) is 0 Å². The van der Waals surface area contributed by atoms with Crippen molar-refractivity contribution in [2.24, 2.45) is 16.5 Å². The molecule has 0 radical (unpaired) electrons. The van der Waals surface area contributed by atoms with Crippen LogP contribution in [0.2, 0.25) is 0 Å². The summed E-state index contributed by atoms with van der Waals surface area (Å²) in [6, 6.07) is 5.88. The first-order chi connectivity index (χ1) is 6.66. The molecule has 0 aliphatic heterocycles. The largest absolute Gasteiger partial charge is 0.370 e. The third kappa shape index (κ3) is 1.71. The summed E-state index contributed by atoms with van der Waals surface area (Å²) in [7, 11) is 0. The summed E-state index contributed by atoms with van der Waals surface area (Å²) in [6.45, 7) is 0. The summed E-state index contributed by atoms with van der Waals surface area (Å²) < 4.78 is 6.20. The van der Waals surface area contributed by atoms with Crippen molar-refractivity contribution in [3.8, 4) is 0 Å². The minimum atomic E-state index is 0.0252. The molecule has 0 aliphatic carbocycles. The van der Waals surface area contributed by atoms with Crippen LogP contribution in [0.25, 0.3) is 10.1 Å². The van der Waals surface area contributed by atoms with E-state index in [0.29, 0.717) is 5.82 Å². The van der Waals surface area contributed by atoms with Crippen molar-refractivity contribution in [3.63, 3.8) is 0 Å². The van der Waals surface area contributed by atoms with Gasteiger partial charge in [-0.15, -0.1) is 0 Å². The van der Waals surface area contributed by atoms with Gasteiger partial charge < -0.3 is 11.5 Å². The van der Waals surface area contributed by atoms with Crippen molar-refractivity contribution >= 4 is 49.3 Å². The van der Waals surface area contributed by atoms with E-state index in [9.17, 15) is 0 Å². The van der Waals surface area contributed by atoms with Gasteiger partial charge in [0.25, 0.3) is 0 Å². The van der Waals surface area contributed by atoms with Gasteiger partial charge in [0, 0.05) is 9.86 Å². The first-order valence-electron chi connectivity index (χ1n) is 3.81. The average Bonchev–Trinajstić information content (AvgIpc) is 2.47. The van der Waals surface area contributed by atoms with Crippen molar-refractivity contribution < 1.29 is 0 Å². The minimum Gasteiger partial charge on any atom is -0.370 e. The van der Waals surface area contributed by atoms with Crippen LogP contribution in [0.3, 0.4) is 0 Å². The Morgan fingerprint density at radius 2 is 2.21 bits per heavy atom. The number of nitrogens with zero attached hydrogens (tertiary/aromatic N) is 2.